The summed E-state index contributed by atoms with van der Waals surface area (Å²) in [6, 6.07) is 12.1. The highest BCUT2D eigenvalue weighted by Gasteiger charge is 2.28. The van der Waals surface area contributed by atoms with Crippen LogP contribution in [0.4, 0.5) is 0 Å². The van der Waals surface area contributed by atoms with Crippen molar-refractivity contribution in [1.82, 2.24) is 21.7 Å². The summed E-state index contributed by atoms with van der Waals surface area (Å²) in [5.74, 6) is 0. The van der Waals surface area contributed by atoms with Crippen LogP contribution in [0.1, 0.15) is 30.9 Å². The van der Waals surface area contributed by atoms with Crippen LogP contribution in [-0.4, -0.2) is 18.6 Å². The third-order valence-corrected chi connectivity index (χ3v) is 3.78. The van der Waals surface area contributed by atoms with Crippen molar-refractivity contribution in [3.05, 3.63) is 35.9 Å². The molecular weight excluding hydrogens is 212 g/mol. The molecule has 0 aromatic heterocycles. The number of hydrazine groups is 2. The maximum Gasteiger partial charge on any atom is 0.0655 e. The predicted molar refractivity (Wildman–Crippen MR) is 68.0 cm³/mol. The summed E-state index contributed by atoms with van der Waals surface area (Å²) < 4.78 is 0. The van der Waals surface area contributed by atoms with Crippen molar-refractivity contribution in [3.8, 4) is 0 Å². The second kappa shape index (κ2) is 5.14. The summed E-state index contributed by atoms with van der Waals surface area (Å²) in [6.45, 7) is 1.00. The van der Waals surface area contributed by atoms with E-state index in [2.05, 4.69) is 52.0 Å². The Balaban J connectivity index is 1.59. The van der Waals surface area contributed by atoms with Crippen LogP contribution in [-0.2, 0) is 0 Å². The number of rotatable bonds is 4. The lowest BCUT2D eigenvalue weighted by molar-refractivity contribution is 0.320. The molecule has 1 heterocycles. The fourth-order valence-electron chi connectivity index (χ4n) is 2.45. The van der Waals surface area contributed by atoms with Crippen LogP contribution >= 0.6 is 0 Å². The van der Waals surface area contributed by atoms with Crippen molar-refractivity contribution in [3.63, 3.8) is 0 Å². The number of nitrogens with one attached hydrogen (secondary N) is 4. The monoisotopic (exact) mass is 232 g/mol. The maximum absolute atomic E-state index is 3.62. The van der Waals surface area contributed by atoms with Gasteiger partial charge in [0.05, 0.1) is 12.1 Å². The maximum atomic E-state index is 3.62. The average Bonchev–Trinajstić information content (AvgIpc) is 2.76. The number of hydrogen-bond donors (Lipinski definition) is 4. The van der Waals surface area contributed by atoms with Crippen LogP contribution < -0.4 is 21.7 Å². The first-order valence-electron chi connectivity index (χ1n) is 6.48. The minimum atomic E-state index is 0.337. The van der Waals surface area contributed by atoms with Gasteiger partial charge in [0.1, 0.15) is 0 Å². The molecule has 1 aliphatic heterocycles. The Morgan fingerprint density at radius 1 is 1.12 bits per heavy atom. The van der Waals surface area contributed by atoms with Gasteiger partial charge in [-0.05, 0) is 18.4 Å². The molecular formula is C13H20N4. The van der Waals surface area contributed by atoms with Gasteiger partial charge < -0.3 is 5.32 Å². The molecule has 4 heteroatoms. The van der Waals surface area contributed by atoms with Crippen molar-refractivity contribution < 1.29 is 0 Å². The van der Waals surface area contributed by atoms with Crippen molar-refractivity contribution in [2.75, 3.05) is 6.54 Å². The largest absolute Gasteiger partial charge is 0.312 e. The smallest absolute Gasteiger partial charge is 0.0655 e. The zero-order valence-corrected chi connectivity index (χ0v) is 9.95. The first-order valence-corrected chi connectivity index (χ1v) is 6.48. The molecule has 2 aliphatic rings. The van der Waals surface area contributed by atoms with Crippen LogP contribution in [0.15, 0.2) is 30.3 Å². The fraction of sp³-hybridized carbons (Fsp3) is 0.538. The molecule has 92 valence electrons. The lowest BCUT2D eigenvalue weighted by Crippen LogP contribution is -2.45. The normalized spacial score (nSPS) is 29.2. The molecule has 1 aromatic carbocycles. The molecule has 1 saturated heterocycles. The molecule has 0 bridgehead atoms. The molecule has 0 radical (unpaired) electrons. The van der Waals surface area contributed by atoms with Crippen molar-refractivity contribution in [1.29, 1.82) is 0 Å². The molecule has 1 aliphatic carbocycles. The summed E-state index contributed by atoms with van der Waals surface area (Å²) in [7, 11) is 0. The molecule has 0 spiro atoms. The van der Waals surface area contributed by atoms with Gasteiger partial charge in [-0.3, -0.25) is 0 Å². The van der Waals surface area contributed by atoms with Gasteiger partial charge in [0.25, 0.3) is 0 Å². The molecule has 17 heavy (non-hydrogen) atoms. The highest BCUT2D eigenvalue weighted by Crippen LogP contribution is 2.21. The zero-order valence-electron chi connectivity index (χ0n) is 9.95. The average molecular weight is 232 g/mol. The van der Waals surface area contributed by atoms with Crippen LogP contribution in [0.5, 0.6) is 0 Å². The number of benzene rings is 1. The Morgan fingerprint density at radius 3 is 2.65 bits per heavy atom. The van der Waals surface area contributed by atoms with Gasteiger partial charge in [-0.25, -0.2) is 10.9 Å². The van der Waals surface area contributed by atoms with Gasteiger partial charge in [-0.15, -0.1) is 0 Å². The molecule has 0 amide bonds. The molecule has 2 atom stereocenters. The van der Waals surface area contributed by atoms with Gasteiger partial charge in [-0.2, -0.15) is 5.53 Å². The molecule has 4 nitrogen and oxygen atoms in total. The van der Waals surface area contributed by atoms with E-state index in [0.717, 1.165) is 12.6 Å². The Labute approximate surface area is 102 Å². The Kier molecular flexibility index (Phi) is 3.38. The fourth-order valence-corrected chi connectivity index (χ4v) is 2.45. The van der Waals surface area contributed by atoms with E-state index in [4.69, 9.17) is 0 Å². The van der Waals surface area contributed by atoms with E-state index >= 15 is 0 Å². The zero-order chi connectivity index (χ0) is 11.5. The SMILES string of the molecule is c1ccc(C2NNNC2CNC2CCC2)cc1. The van der Waals surface area contributed by atoms with E-state index in [-0.39, 0.29) is 0 Å². The van der Waals surface area contributed by atoms with E-state index in [1.54, 1.807) is 0 Å². The van der Waals surface area contributed by atoms with Gasteiger partial charge in [0.15, 0.2) is 0 Å². The quantitative estimate of drug-likeness (QED) is 0.622. The second-order valence-corrected chi connectivity index (χ2v) is 4.94. The highest BCUT2D eigenvalue weighted by atomic mass is 15.7. The van der Waals surface area contributed by atoms with Crippen molar-refractivity contribution in [2.24, 2.45) is 0 Å². The molecule has 1 aromatic rings. The van der Waals surface area contributed by atoms with Gasteiger partial charge in [-0.1, -0.05) is 36.8 Å². The number of hydrogen-bond acceptors (Lipinski definition) is 4. The molecule has 1 saturated carbocycles. The summed E-state index contributed by atoms with van der Waals surface area (Å²) >= 11 is 0. The highest BCUT2D eigenvalue weighted by molar-refractivity contribution is 5.21. The topological polar surface area (TPSA) is 48.1 Å². The van der Waals surface area contributed by atoms with Gasteiger partial charge in [0, 0.05) is 12.6 Å². The molecule has 4 N–H and O–H groups in total. The van der Waals surface area contributed by atoms with E-state index < -0.39 is 0 Å². The minimum absolute atomic E-state index is 0.337. The first kappa shape index (κ1) is 11.2. The Hall–Kier alpha value is -0.940. The van der Waals surface area contributed by atoms with Crippen LogP contribution in [0.3, 0.4) is 0 Å². The molecule has 3 rings (SSSR count). The second-order valence-electron chi connectivity index (χ2n) is 4.94. The first-order chi connectivity index (χ1) is 8.43. The summed E-state index contributed by atoms with van der Waals surface area (Å²) in [4.78, 5) is 0. The van der Waals surface area contributed by atoms with Gasteiger partial charge >= 0.3 is 0 Å². The van der Waals surface area contributed by atoms with Crippen LogP contribution in [0.2, 0.25) is 0 Å². The van der Waals surface area contributed by atoms with E-state index in [0.29, 0.717) is 12.1 Å². The van der Waals surface area contributed by atoms with Crippen molar-refractivity contribution in [2.45, 2.75) is 37.4 Å². The van der Waals surface area contributed by atoms with E-state index in [9.17, 15) is 0 Å². The van der Waals surface area contributed by atoms with Crippen LogP contribution in [0.25, 0.3) is 0 Å². The lowest BCUT2D eigenvalue weighted by Gasteiger charge is -2.29. The minimum Gasteiger partial charge on any atom is -0.312 e. The van der Waals surface area contributed by atoms with Gasteiger partial charge in [0.2, 0.25) is 0 Å². The third-order valence-electron chi connectivity index (χ3n) is 3.78. The van der Waals surface area contributed by atoms with Crippen LogP contribution in [0, 0.1) is 0 Å². The van der Waals surface area contributed by atoms with E-state index in [1.165, 1.54) is 24.8 Å². The molecule has 2 unspecified atom stereocenters. The lowest BCUT2D eigenvalue weighted by atomic mass is 9.92. The summed E-state index contributed by atoms with van der Waals surface area (Å²) in [5.41, 5.74) is 10.9. The molecule has 2 fully saturated rings. The predicted octanol–water partition coefficient (Wildman–Crippen LogP) is 0.851. The summed E-state index contributed by atoms with van der Waals surface area (Å²) in [5, 5.41) is 3.62. The Bertz CT molecular complexity index is 350. The third kappa shape index (κ3) is 2.50. The van der Waals surface area contributed by atoms with E-state index in [1.807, 2.05) is 0 Å². The van der Waals surface area contributed by atoms with Crippen molar-refractivity contribution >= 4 is 0 Å². The summed E-state index contributed by atoms with van der Waals surface area (Å²) in [6.07, 6.45) is 4.06. The standard InChI is InChI=1S/C13H20N4/c1-2-5-10(6-3-1)13-12(15-17-16-13)9-14-11-7-4-8-11/h1-3,5-6,11-17H,4,7-9H2. The Morgan fingerprint density at radius 2 is 1.94 bits per heavy atom.